The molecule has 5 nitrogen and oxygen atoms in total. The van der Waals surface area contributed by atoms with Gasteiger partial charge in [0.15, 0.2) is 0 Å². The van der Waals surface area contributed by atoms with E-state index >= 15 is 0 Å². The third-order valence-electron chi connectivity index (χ3n) is 2.56. The Kier molecular flexibility index (Phi) is 3.82. The Morgan fingerprint density at radius 1 is 1.32 bits per heavy atom. The van der Waals surface area contributed by atoms with Crippen molar-refractivity contribution in [1.29, 1.82) is 0 Å². The lowest BCUT2D eigenvalue weighted by Gasteiger charge is -2.09. The summed E-state index contributed by atoms with van der Waals surface area (Å²) < 4.78 is 28.5. The monoisotopic (exact) mass is 299 g/mol. The van der Waals surface area contributed by atoms with Crippen LogP contribution in [0.4, 0.5) is 5.82 Å². The average Bonchev–Trinajstić information content (AvgIpc) is 2.69. The molecule has 2 aromatic rings. The van der Waals surface area contributed by atoms with Gasteiger partial charge in [0.2, 0.25) is 0 Å². The molecule has 0 aliphatic heterocycles. The number of hydrogen-bond donors (Lipinski definition) is 1. The second-order valence-electron chi connectivity index (χ2n) is 4.05. The zero-order valence-electron chi connectivity index (χ0n) is 10.6. The maximum Gasteiger partial charge on any atom is 0.263 e. The highest BCUT2D eigenvalue weighted by atomic mass is 35.5. The van der Waals surface area contributed by atoms with Crippen molar-refractivity contribution in [2.24, 2.45) is 0 Å². The van der Waals surface area contributed by atoms with Crippen LogP contribution in [0.1, 0.15) is 12.6 Å². The summed E-state index contributed by atoms with van der Waals surface area (Å²) in [7, 11) is -3.62. The average molecular weight is 300 g/mol. The van der Waals surface area contributed by atoms with Crippen molar-refractivity contribution in [3.8, 4) is 0 Å². The van der Waals surface area contributed by atoms with Gasteiger partial charge in [-0.25, -0.2) is 13.1 Å². The predicted molar refractivity (Wildman–Crippen MR) is 74.9 cm³/mol. The fraction of sp³-hybridized carbons (Fsp3) is 0.250. The number of aryl methyl sites for hydroxylation is 2. The number of anilines is 1. The molecule has 1 aromatic heterocycles. The van der Waals surface area contributed by atoms with E-state index in [9.17, 15) is 8.42 Å². The molecule has 0 fully saturated rings. The van der Waals surface area contributed by atoms with E-state index in [0.717, 1.165) is 5.69 Å². The second-order valence-corrected chi connectivity index (χ2v) is 6.16. The molecule has 102 valence electrons. The summed E-state index contributed by atoms with van der Waals surface area (Å²) in [6.07, 6.45) is 0. The Hall–Kier alpha value is -1.53. The van der Waals surface area contributed by atoms with E-state index in [4.69, 9.17) is 11.6 Å². The van der Waals surface area contributed by atoms with Gasteiger partial charge in [-0.2, -0.15) is 5.10 Å². The first-order valence-electron chi connectivity index (χ1n) is 5.75. The Morgan fingerprint density at radius 2 is 1.95 bits per heavy atom. The van der Waals surface area contributed by atoms with Crippen LogP contribution in [0.2, 0.25) is 5.02 Å². The maximum atomic E-state index is 12.2. The van der Waals surface area contributed by atoms with E-state index in [2.05, 4.69) is 9.82 Å². The normalized spacial score (nSPS) is 11.5. The van der Waals surface area contributed by atoms with Gasteiger partial charge in [0.25, 0.3) is 10.0 Å². The van der Waals surface area contributed by atoms with Crippen LogP contribution in [-0.2, 0) is 16.6 Å². The van der Waals surface area contributed by atoms with Crippen LogP contribution < -0.4 is 4.72 Å². The quantitative estimate of drug-likeness (QED) is 0.944. The van der Waals surface area contributed by atoms with Gasteiger partial charge in [-0.15, -0.1) is 0 Å². The van der Waals surface area contributed by atoms with Crippen molar-refractivity contribution in [3.05, 3.63) is 41.0 Å². The molecule has 7 heteroatoms. The van der Waals surface area contributed by atoms with Crippen molar-refractivity contribution in [1.82, 2.24) is 9.78 Å². The largest absolute Gasteiger partial charge is 0.264 e. The molecule has 2 rings (SSSR count). The fourth-order valence-electron chi connectivity index (χ4n) is 1.68. The lowest BCUT2D eigenvalue weighted by atomic mass is 10.4. The van der Waals surface area contributed by atoms with Crippen LogP contribution in [0.5, 0.6) is 0 Å². The lowest BCUT2D eigenvalue weighted by molar-refractivity contribution is 0.599. The first-order chi connectivity index (χ1) is 8.92. The molecule has 0 amide bonds. The summed E-state index contributed by atoms with van der Waals surface area (Å²) in [6.45, 7) is 4.30. The SMILES string of the molecule is CCn1nc(C)cc1NS(=O)(=O)c1ccc(Cl)cc1. The van der Waals surface area contributed by atoms with Crippen LogP contribution in [0.25, 0.3) is 0 Å². The van der Waals surface area contributed by atoms with E-state index < -0.39 is 10.0 Å². The Balaban J connectivity index is 2.33. The third kappa shape index (κ3) is 3.08. The topological polar surface area (TPSA) is 64.0 Å². The number of nitrogens with one attached hydrogen (secondary N) is 1. The van der Waals surface area contributed by atoms with Gasteiger partial charge in [0.05, 0.1) is 10.6 Å². The first-order valence-corrected chi connectivity index (χ1v) is 7.61. The lowest BCUT2D eigenvalue weighted by Crippen LogP contribution is -2.16. The van der Waals surface area contributed by atoms with Gasteiger partial charge in [-0.05, 0) is 38.1 Å². The smallest absolute Gasteiger partial charge is 0.263 e. The zero-order valence-corrected chi connectivity index (χ0v) is 12.2. The summed E-state index contributed by atoms with van der Waals surface area (Å²) in [5, 5.41) is 4.68. The van der Waals surface area contributed by atoms with Crippen molar-refractivity contribution in [2.75, 3.05) is 4.72 Å². The Bertz CT molecular complexity index is 678. The van der Waals surface area contributed by atoms with Crippen molar-refractivity contribution >= 4 is 27.4 Å². The van der Waals surface area contributed by atoms with Crippen LogP contribution in [0.15, 0.2) is 35.2 Å². The van der Waals surface area contributed by atoms with E-state index in [1.165, 1.54) is 12.1 Å². The number of halogens is 1. The molecule has 1 N–H and O–H groups in total. The highest BCUT2D eigenvalue weighted by Crippen LogP contribution is 2.19. The minimum absolute atomic E-state index is 0.165. The third-order valence-corrected chi connectivity index (χ3v) is 4.19. The van der Waals surface area contributed by atoms with Crippen molar-refractivity contribution in [2.45, 2.75) is 25.3 Å². The fourth-order valence-corrected chi connectivity index (χ4v) is 2.86. The molecule has 0 saturated carbocycles. The number of hydrogen-bond acceptors (Lipinski definition) is 3. The predicted octanol–water partition coefficient (Wildman–Crippen LogP) is 2.67. The molecule has 0 aliphatic rings. The van der Waals surface area contributed by atoms with Crippen molar-refractivity contribution < 1.29 is 8.42 Å². The number of nitrogens with zero attached hydrogens (tertiary/aromatic N) is 2. The Labute approximate surface area is 117 Å². The van der Waals surface area contributed by atoms with E-state index in [1.807, 2.05) is 13.8 Å². The minimum Gasteiger partial charge on any atom is -0.264 e. The van der Waals surface area contributed by atoms with Gasteiger partial charge in [0.1, 0.15) is 5.82 Å². The molecule has 0 saturated heterocycles. The van der Waals surface area contributed by atoms with Crippen LogP contribution in [0.3, 0.4) is 0 Å². The molecule has 0 unspecified atom stereocenters. The second kappa shape index (κ2) is 5.22. The van der Waals surface area contributed by atoms with Gasteiger partial charge >= 0.3 is 0 Å². The summed E-state index contributed by atoms with van der Waals surface area (Å²) in [6, 6.07) is 7.70. The highest BCUT2D eigenvalue weighted by Gasteiger charge is 2.16. The highest BCUT2D eigenvalue weighted by molar-refractivity contribution is 7.92. The molecule has 1 heterocycles. The van der Waals surface area contributed by atoms with Gasteiger partial charge in [-0.1, -0.05) is 11.6 Å². The summed E-state index contributed by atoms with van der Waals surface area (Å²) in [5.41, 5.74) is 0.760. The van der Waals surface area contributed by atoms with Crippen LogP contribution in [-0.4, -0.2) is 18.2 Å². The van der Waals surface area contributed by atoms with Crippen LogP contribution in [0, 0.1) is 6.92 Å². The van der Waals surface area contributed by atoms with E-state index in [1.54, 1.807) is 22.9 Å². The van der Waals surface area contributed by atoms with Gasteiger partial charge in [-0.3, -0.25) is 4.72 Å². The molecule has 0 aliphatic carbocycles. The molecule has 0 bridgehead atoms. The molecular formula is C12H14ClN3O2S. The standard InChI is InChI=1S/C12H14ClN3O2S/c1-3-16-12(8-9(2)14-16)15-19(17,18)11-6-4-10(13)5-7-11/h4-8,15H,3H2,1-2H3. The van der Waals surface area contributed by atoms with E-state index in [0.29, 0.717) is 17.4 Å². The number of rotatable bonds is 4. The molecule has 0 radical (unpaired) electrons. The Morgan fingerprint density at radius 3 is 2.53 bits per heavy atom. The van der Waals surface area contributed by atoms with Gasteiger partial charge < -0.3 is 0 Å². The summed E-state index contributed by atoms with van der Waals surface area (Å²) >= 11 is 5.74. The van der Waals surface area contributed by atoms with Crippen molar-refractivity contribution in [3.63, 3.8) is 0 Å². The minimum atomic E-state index is -3.62. The van der Waals surface area contributed by atoms with E-state index in [-0.39, 0.29) is 4.90 Å². The molecule has 0 atom stereocenters. The molecule has 1 aromatic carbocycles. The number of aromatic nitrogens is 2. The van der Waals surface area contributed by atoms with Crippen LogP contribution >= 0.6 is 11.6 Å². The zero-order chi connectivity index (χ0) is 14.0. The summed E-state index contributed by atoms with van der Waals surface area (Å²) in [5.74, 6) is 0.454. The maximum absolute atomic E-state index is 12.2. The molecular weight excluding hydrogens is 286 g/mol. The molecule has 19 heavy (non-hydrogen) atoms. The summed E-state index contributed by atoms with van der Waals surface area (Å²) in [4.78, 5) is 0.165. The van der Waals surface area contributed by atoms with Gasteiger partial charge in [0, 0.05) is 17.6 Å². The number of benzene rings is 1. The molecule has 0 spiro atoms. The first kappa shape index (κ1) is 13.9. The number of sulfonamides is 1.